The lowest BCUT2D eigenvalue weighted by Gasteiger charge is -2.12. The van der Waals surface area contributed by atoms with Gasteiger partial charge >= 0.3 is 5.97 Å². The van der Waals surface area contributed by atoms with E-state index in [0.717, 1.165) is 0 Å². The van der Waals surface area contributed by atoms with Crippen LogP contribution >= 0.6 is 0 Å². The van der Waals surface area contributed by atoms with Crippen molar-refractivity contribution >= 4 is 11.9 Å². The number of carbonyl (C=O) groups is 2. The van der Waals surface area contributed by atoms with Crippen LogP contribution in [-0.4, -0.2) is 23.0 Å². The van der Waals surface area contributed by atoms with Crippen molar-refractivity contribution in [1.29, 1.82) is 0 Å². The zero-order chi connectivity index (χ0) is 9.56. The Kier molecular flexibility index (Phi) is 4.76. The Balaban J connectivity index is 3.93. The number of nitrogens with one attached hydrogen (secondary N) is 1. The monoisotopic (exact) mass is 171 g/mol. The van der Waals surface area contributed by atoms with Crippen molar-refractivity contribution in [3.8, 4) is 0 Å². The van der Waals surface area contributed by atoms with Gasteiger partial charge in [-0.25, -0.2) is 0 Å². The Morgan fingerprint density at radius 3 is 2.58 bits per heavy atom. The smallest absolute Gasteiger partial charge is 0.305 e. The fraction of sp³-hybridized carbons (Fsp3) is 0.500. The molecule has 0 bridgehead atoms. The third kappa shape index (κ3) is 5.46. The lowest BCUT2D eigenvalue weighted by atomic mass is 10.1. The summed E-state index contributed by atoms with van der Waals surface area (Å²) in [5.41, 5.74) is 0. The van der Waals surface area contributed by atoms with E-state index < -0.39 is 5.97 Å². The molecular weight excluding hydrogens is 158 g/mol. The molecule has 1 amide bonds. The molecule has 4 heteroatoms. The zero-order valence-corrected chi connectivity index (χ0v) is 7.04. The Labute approximate surface area is 71.3 Å². The average molecular weight is 171 g/mol. The van der Waals surface area contributed by atoms with Gasteiger partial charge < -0.3 is 10.4 Å². The SMILES string of the molecule is C=CC[C@@H](CC(=O)O)NC(C)=O. The number of aliphatic carboxylic acids is 1. The predicted octanol–water partition coefficient (Wildman–Crippen LogP) is 0.542. The van der Waals surface area contributed by atoms with Crippen molar-refractivity contribution in [2.45, 2.75) is 25.8 Å². The summed E-state index contributed by atoms with van der Waals surface area (Å²) in [5, 5.41) is 11.0. The van der Waals surface area contributed by atoms with E-state index in [0.29, 0.717) is 6.42 Å². The van der Waals surface area contributed by atoms with Crippen LogP contribution in [0.3, 0.4) is 0 Å². The Morgan fingerprint density at radius 2 is 2.25 bits per heavy atom. The van der Waals surface area contributed by atoms with E-state index in [9.17, 15) is 9.59 Å². The third-order valence-electron chi connectivity index (χ3n) is 1.28. The molecule has 0 unspecified atom stereocenters. The second kappa shape index (κ2) is 5.35. The van der Waals surface area contributed by atoms with Crippen LogP contribution in [-0.2, 0) is 9.59 Å². The predicted molar refractivity (Wildman–Crippen MR) is 44.7 cm³/mol. The van der Waals surface area contributed by atoms with Crippen LogP contribution in [0.2, 0.25) is 0 Å². The molecule has 0 radical (unpaired) electrons. The highest BCUT2D eigenvalue weighted by molar-refractivity contribution is 5.74. The normalized spacial score (nSPS) is 11.8. The summed E-state index contributed by atoms with van der Waals surface area (Å²) < 4.78 is 0. The zero-order valence-electron chi connectivity index (χ0n) is 7.04. The van der Waals surface area contributed by atoms with Crippen molar-refractivity contribution in [3.05, 3.63) is 12.7 Å². The van der Waals surface area contributed by atoms with Gasteiger partial charge in [0.05, 0.1) is 6.42 Å². The fourth-order valence-electron chi connectivity index (χ4n) is 0.893. The molecule has 0 aliphatic rings. The number of carboxylic acids is 1. The second-order valence-electron chi connectivity index (χ2n) is 2.52. The van der Waals surface area contributed by atoms with E-state index in [1.54, 1.807) is 6.08 Å². The quantitative estimate of drug-likeness (QED) is 0.593. The topological polar surface area (TPSA) is 66.4 Å². The summed E-state index contributed by atoms with van der Waals surface area (Å²) in [6.07, 6.45) is 2.00. The molecule has 4 nitrogen and oxygen atoms in total. The van der Waals surface area contributed by atoms with E-state index >= 15 is 0 Å². The minimum atomic E-state index is -0.921. The van der Waals surface area contributed by atoms with Crippen LogP contribution in [0.1, 0.15) is 19.8 Å². The first-order valence-electron chi connectivity index (χ1n) is 3.66. The van der Waals surface area contributed by atoms with Crippen molar-refractivity contribution in [2.75, 3.05) is 0 Å². The van der Waals surface area contributed by atoms with E-state index in [2.05, 4.69) is 11.9 Å². The first-order valence-corrected chi connectivity index (χ1v) is 3.66. The molecule has 0 spiro atoms. The summed E-state index contributed by atoms with van der Waals surface area (Å²) in [5.74, 6) is -1.14. The fourth-order valence-corrected chi connectivity index (χ4v) is 0.893. The maximum absolute atomic E-state index is 10.6. The average Bonchev–Trinajstić information content (AvgIpc) is 1.84. The van der Waals surface area contributed by atoms with E-state index in [-0.39, 0.29) is 18.4 Å². The molecule has 0 aliphatic heterocycles. The lowest BCUT2D eigenvalue weighted by Crippen LogP contribution is -2.34. The molecule has 0 saturated heterocycles. The van der Waals surface area contributed by atoms with E-state index in [1.165, 1.54) is 6.92 Å². The van der Waals surface area contributed by atoms with Crippen molar-refractivity contribution in [2.24, 2.45) is 0 Å². The number of hydrogen-bond donors (Lipinski definition) is 2. The molecule has 2 N–H and O–H groups in total. The summed E-state index contributed by atoms with van der Waals surface area (Å²) in [4.78, 5) is 20.9. The van der Waals surface area contributed by atoms with Crippen LogP contribution in [0.5, 0.6) is 0 Å². The lowest BCUT2D eigenvalue weighted by molar-refractivity contribution is -0.137. The second-order valence-corrected chi connectivity index (χ2v) is 2.52. The standard InChI is InChI=1S/C8H13NO3/c1-3-4-7(5-8(11)12)9-6(2)10/h3,7H,1,4-5H2,2H3,(H,9,10)(H,11,12)/t7-/m0/s1. The third-order valence-corrected chi connectivity index (χ3v) is 1.28. The van der Waals surface area contributed by atoms with Crippen LogP contribution in [0.25, 0.3) is 0 Å². The van der Waals surface area contributed by atoms with Crippen molar-refractivity contribution in [3.63, 3.8) is 0 Å². The molecule has 0 heterocycles. The minimum Gasteiger partial charge on any atom is -0.481 e. The van der Waals surface area contributed by atoms with E-state index in [1.807, 2.05) is 0 Å². The molecule has 68 valence electrons. The maximum atomic E-state index is 10.6. The molecule has 0 fully saturated rings. The van der Waals surface area contributed by atoms with Gasteiger partial charge in [0.1, 0.15) is 0 Å². The van der Waals surface area contributed by atoms with Gasteiger partial charge in [0.15, 0.2) is 0 Å². The highest BCUT2D eigenvalue weighted by Crippen LogP contribution is 1.98. The van der Waals surface area contributed by atoms with E-state index in [4.69, 9.17) is 5.11 Å². The number of rotatable bonds is 5. The molecule has 0 aromatic carbocycles. The van der Waals surface area contributed by atoms with Gasteiger partial charge in [-0.3, -0.25) is 9.59 Å². The first-order chi connectivity index (χ1) is 5.56. The first kappa shape index (κ1) is 10.7. The molecule has 0 saturated carbocycles. The summed E-state index contributed by atoms with van der Waals surface area (Å²) in [6, 6.07) is -0.336. The van der Waals surface area contributed by atoms with Gasteiger partial charge in [-0.2, -0.15) is 0 Å². The van der Waals surface area contributed by atoms with Gasteiger partial charge in [-0.05, 0) is 6.42 Å². The summed E-state index contributed by atoms with van der Waals surface area (Å²) in [7, 11) is 0. The van der Waals surface area contributed by atoms with Gasteiger partial charge in [0.25, 0.3) is 0 Å². The Bertz CT molecular complexity index is 173. The van der Waals surface area contributed by atoms with Crippen molar-refractivity contribution < 1.29 is 14.7 Å². The molecular formula is C8H13NO3. The number of hydrogen-bond acceptors (Lipinski definition) is 2. The molecule has 12 heavy (non-hydrogen) atoms. The van der Waals surface area contributed by atoms with Gasteiger partial charge in [0, 0.05) is 13.0 Å². The highest BCUT2D eigenvalue weighted by atomic mass is 16.4. The van der Waals surface area contributed by atoms with Crippen LogP contribution < -0.4 is 5.32 Å². The molecule has 1 atom stereocenters. The summed E-state index contributed by atoms with van der Waals surface area (Å²) in [6.45, 7) is 4.83. The Morgan fingerprint density at radius 1 is 1.67 bits per heavy atom. The molecule has 0 aromatic rings. The molecule has 0 aliphatic carbocycles. The number of carboxylic acid groups (broad SMARTS) is 1. The van der Waals surface area contributed by atoms with Crippen LogP contribution in [0.4, 0.5) is 0 Å². The van der Waals surface area contributed by atoms with Gasteiger partial charge in [-0.1, -0.05) is 6.08 Å². The van der Waals surface area contributed by atoms with Gasteiger partial charge in [0.2, 0.25) is 5.91 Å². The van der Waals surface area contributed by atoms with Crippen LogP contribution in [0.15, 0.2) is 12.7 Å². The summed E-state index contributed by atoms with van der Waals surface area (Å²) >= 11 is 0. The maximum Gasteiger partial charge on any atom is 0.305 e. The van der Waals surface area contributed by atoms with Crippen molar-refractivity contribution in [1.82, 2.24) is 5.32 Å². The highest BCUT2D eigenvalue weighted by Gasteiger charge is 2.11. The number of amides is 1. The Hall–Kier alpha value is -1.32. The van der Waals surface area contributed by atoms with Crippen LogP contribution in [0, 0.1) is 0 Å². The minimum absolute atomic E-state index is 0.0639. The molecule has 0 aromatic heterocycles. The molecule has 0 rings (SSSR count). The largest absolute Gasteiger partial charge is 0.481 e. The number of carbonyl (C=O) groups excluding carboxylic acids is 1. The van der Waals surface area contributed by atoms with Gasteiger partial charge in [-0.15, -0.1) is 6.58 Å².